The maximum Gasteiger partial charge on any atom is 0.266 e. The SMILES string of the molecule is CCC(=O)N1CCN(C(=O)C2CN(c3ccc(=O)n(C)n3)CC2c2ccc(F)cc2F)CCCC1c1ccc(Cl)cc1. The number of nitrogens with zero attached hydrogens (tertiary/aromatic N) is 5. The number of halogens is 3. The summed E-state index contributed by atoms with van der Waals surface area (Å²) in [4.78, 5) is 44.6. The predicted molar refractivity (Wildman–Crippen MR) is 156 cm³/mol. The Morgan fingerprint density at radius 2 is 1.76 bits per heavy atom. The van der Waals surface area contributed by atoms with Crippen molar-refractivity contribution in [1.82, 2.24) is 19.6 Å². The molecule has 11 heteroatoms. The maximum absolute atomic E-state index is 15.1. The van der Waals surface area contributed by atoms with Crippen LogP contribution in [0.15, 0.2) is 59.4 Å². The quantitative estimate of drug-likeness (QED) is 0.432. The van der Waals surface area contributed by atoms with Gasteiger partial charge in [0.05, 0.1) is 12.0 Å². The molecule has 0 saturated carbocycles. The second kappa shape index (κ2) is 12.6. The monoisotopic (exact) mass is 597 g/mol. The summed E-state index contributed by atoms with van der Waals surface area (Å²) in [6, 6.07) is 13.8. The van der Waals surface area contributed by atoms with Crippen molar-refractivity contribution in [2.24, 2.45) is 13.0 Å². The number of amides is 2. The van der Waals surface area contributed by atoms with Crippen LogP contribution in [0, 0.1) is 17.6 Å². The van der Waals surface area contributed by atoms with E-state index >= 15 is 4.39 Å². The minimum absolute atomic E-state index is 0.00307. The topological polar surface area (TPSA) is 78.8 Å². The number of hydrogen-bond acceptors (Lipinski definition) is 5. The van der Waals surface area contributed by atoms with Gasteiger partial charge < -0.3 is 14.7 Å². The predicted octanol–water partition coefficient (Wildman–Crippen LogP) is 4.53. The molecule has 8 nitrogen and oxygen atoms in total. The average molecular weight is 598 g/mol. The van der Waals surface area contributed by atoms with Crippen molar-refractivity contribution < 1.29 is 18.4 Å². The summed E-state index contributed by atoms with van der Waals surface area (Å²) < 4.78 is 30.1. The molecule has 0 radical (unpaired) electrons. The summed E-state index contributed by atoms with van der Waals surface area (Å²) in [5, 5.41) is 4.96. The third-order valence-corrected chi connectivity index (χ3v) is 8.60. The lowest BCUT2D eigenvalue weighted by Gasteiger charge is -2.38. The van der Waals surface area contributed by atoms with Crippen molar-refractivity contribution in [3.63, 3.8) is 0 Å². The first-order valence-corrected chi connectivity index (χ1v) is 14.6. The Bertz CT molecular complexity index is 1520. The normalized spacial score (nSPS) is 21.3. The van der Waals surface area contributed by atoms with Gasteiger partial charge in [-0.15, -0.1) is 0 Å². The molecule has 0 spiro atoms. The molecule has 0 bridgehead atoms. The zero-order chi connectivity index (χ0) is 30.0. The van der Waals surface area contributed by atoms with Crippen molar-refractivity contribution in [3.8, 4) is 0 Å². The van der Waals surface area contributed by atoms with E-state index in [4.69, 9.17) is 11.6 Å². The number of carbonyl (C=O) groups excluding carboxylic acids is 2. The molecule has 3 atom stereocenters. The van der Waals surface area contributed by atoms with E-state index in [1.165, 1.54) is 22.9 Å². The number of hydrogen-bond donors (Lipinski definition) is 0. The second-order valence-corrected chi connectivity index (χ2v) is 11.3. The highest BCUT2D eigenvalue weighted by Gasteiger charge is 2.42. The summed E-state index contributed by atoms with van der Waals surface area (Å²) in [5.41, 5.74) is 0.999. The van der Waals surface area contributed by atoms with Crippen LogP contribution in [0.2, 0.25) is 5.02 Å². The van der Waals surface area contributed by atoms with Gasteiger partial charge in [-0.2, -0.15) is 5.10 Å². The van der Waals surface area contributed by atoms with Crippen LogP contribution in [0.1, 0.15) is 49.3 Å². The van der Waals surface area contributed by atoms with Gasteiger partial charge in [-0.25, -0.2) is 13.5 Å². The van der Waals surface area contributed by atoms with Gasteiger partial charge in [0.25, 0.3) is 5.56 Å². The third-order valence-electron chi connectivity index (χ3n) is 8.35. The highest BCUT2D eigenvalue weighted by atomic mass is 35.5. The molecule has 3 aromatic rings. The van der Waals surface area contributed by atoms with Crippen LogP contribution in [0.4, 0.5) is 14.6 Å². The molecule has 2 fully saturated rings. The Hall–Kier alpha value is -3.79. The van der Waals surface area contributed by atoms with Gasteiger partial charge >= 0.3 is 0 Å². The molecule has 5 rings (SSSR count). The Balaban J connectivity index is 1.41. The molecule has 2 aliphatic heterocycles. The van der Waals surface area contributed by atoms with Crippen molar-refractivity contribution in [3.05, 3.63) is 92.7 Å². The van der Waals surface area contributed by atoms with Crippen LogP contribution in [0.25, 0.3) is 0 Å². The number of carbonyl (C=O) groups is 2. The van der Waals surface area contributed by atoms with Gasteiger partial charge in [0, 0.05) is 69.3 Å². The lowest BCUT2D eigenvalue weighted by atomic mass is 9.87. The molecule has 2 aromatic carbocycles. The van der Waals surface area contributed by atoms with E-state index in [-0.39, 0.29) is 42.1 Å². The standard InChI is InChI=1S/C31H34ClF2N5O3/c1-3-29(40)39-16-15-37(14-4-5-27(39)20-6-8-21(32)9-7-20)31(42)25-19-38(28-12-13-30(41)36(2)35-28)18-24(25)23-11-10-22(33)17-26(23)34/h6-13,17,24-25,27H,3-5,14-16,18-19H2,1-2H3. The fourth-order valence-corrected chi connectivity index (χ4v) is 6.26. The van der Waals surface area contributed by atoms with Gasteiger partial charge in [-0.05, 0) is 48.2 Å². The van der Waals surface area contributed by atoms with Crippen LogP contribution in [-0.2, 0) is 16.6 Å². The lowest BCUT2D eigenvalue weighted by Crippen LogP contribution is -2.47. The van der Waals surface area contributed by atoms with Gasteiger partial charge in [-0.3, -0.25) is 14.4 Å². The summed E-state index contributed by atoms with van der Waals surface area (Å²) in [7, 11) is 1.54. The molecule has 2 saturated heterocycles. The summed E-state index contributed by atoms with van der Waals surface area (Å²) >= 11 is 6.10. The van der Waals surface area contributed by atoms with Crippen molar-refractivity contribution in [2.45, 2.75) is 38.1 Å². The summed E-state index contributed by atoms with van der Waals surface area (Å²) in [5.74, 6) is -2.23. The van der Waals surface area contributed by atoms with Gasteiger partial charge in [0.2, 0.25) is 11.8 Å². The first-order valence-electron chi connectivity index (χ1n) is 14.2. The van der Waals surface area contributed by atoms with Crippen molar-refractivity contribution in [2.75, 3.05) is 37.6 Å². The van der Waals surface area contributed by atoms with Crippen molar-refractivity contribution >= 4 is 29.2 Å². The van der Waals surface area contributed by atoms with E-state index in [1.54, 1.807) is 18.0 Å². The molecule has 0 N–H and O–H groups in total. The molecule has 42 heavy (non-hydrogen) atoms. The average Bonchev–Trinajstić information content (AvgIpc) is 3.40. The van der Waals surface area contributed by atoms with E-state index in [9.17, 15) is 18.8 Å². The first kappa shape index (κ1) is 29.7. The summed E-state index contributed by atoms with van der Waals surface area (Å²) in [6.07, 6.45) is 1.68. The molecule has 3 heterocycles. The van der Waals surface area contributed by atoms with Crippen LogP contribution in [0.3, 0.4) is 0 Å². The van der Waals surface area contributed by atoms with Crippen LogP contribution in [0.5, 0.6) is 0 Å². The molecular weight excluding hydrogens is 564 g/mol. The third kappa shape index (κ3) is 6.18. The zero-order valence-corrected chi connectivity index (χ0v) is 24.4. The fourth-order valence-electron chi connectivity index (χ4n) is 6.13. The van der Waals surface area contributed by atoms with Gasteiger partial charge in [0.15, 0.2) is 0 Å². The Morgan fingerprint density at radius 1 is 1.00 bits per heavy atom. The first-order chi connectivity index (χ1) is 20.2. The Labute approximate surface area is 248 Å². The molecular formula is C31H34ClF2N5O3. The van der Waals surface area contributed by atoms with E-state index in [1.807, 2.05) is 41.0 Å². The molecule has 0 aliphatic carbocycles. The number of benzene rings is 2. The Kier molecular flexibility index (Phi) is 8.91. The van der Waals surface area contributed by atoms with Gasteiger partial charge in [0.1, 0.15) is 17.5 Å². The fraction of sp³-hybridized carbons (Fsp3) is 0.419. The van der Waals surface area contributed by atoms with E-state index in [0.717, 1.165) is 11.6 Å². The van der Waals surface area contributed by atoms with Crippen LogP contribution < -0.4 is 10.5 Å². The molecule has 2 amide bonds. The summed E-state index contributed by atoms with van der Waals surface area (Å²) in [6.45, 7) is 3.54. The number of aryl methyl sites for hydroxylation is 1. The minimum atomic E-state index is -0.703. The molecule has 3 unspecified atom stereocenters. The molecule has 1 aromatic heterocycles. The second-order valence-electron chi connectivity index (χ2n) is 10.9. The van der Waals surface area contributed by atoms with E-state index < -0.39 is 23.5 Å². The number of aromatic nitrogens is 2. The molecule has 2 aliphatic rings. The maximum atomic E-state index is 15.1. The van der Waals surface area contributed by atoms with Crippen LogP contribution in [-0.4, -0.2) is 64.1 Å². The van der Waals surface area contributed by atoms with Crippen LogP contribution >= 0.6 is 11.6 Å². The lowest BCUT2D eigenvalue weighted by molar-refractivity contribution is -0.140. The van der Waals surface area contributed by atoms with Crippen molar-refractivity contribution in [1.29, 1.82) is 0 Å². The molecule has 222 valence electrons. The Morgan fingerprint density at radius 3 is 2.45 bits per heavy atom. The van der Waals surface area contributed by atoms with E-state index in [2.05, 4.69) is 5.10 Å². The van der Waals surface area contributed by atoms with Gasteiger partial charge in [-0.1, -0.05) is 36.7 Å². The smallest absolute Gasteiger partial charge is 0.266 e. The van der Waals surface area contributed by atoms with E-state index in [0.29, 0.717) is 49.7 Å². The largest absolute Gasteiger partial charge is 0.354 e. The number of rotatable bonds is 5. The highest BCUT2D eigenvalue weighted by molar-refractivity contribution is 6.30. The minimum Gasteiger partial charge on any atom is -0.354 e. The zero-order valence-electron chi connectivity index (χ0n) is 23.7. The number of anilines is 1. The highest BCUT2D eigenvalue weighted by Crippen LogP contribution is 2.38.